The fourth-order valence-electron chi connectivity index (χ4n) is 1.39. The van der Waals surface area contributed by atoms with Gasteiger partial charge in [0.2, 0.25) is 0 Å². The molecule has 0 unspecified atom stereocenters. The molecule has 0 aliphatic heterocycles. The molecule has 0 spiro atoms. The molecule has 0 saturated carbocycles. The molecule has 0 amide bonds. The molecule has 0 aliphatic carbocycles. The van der Waals surface area contributed by atoms with Crippen LogP contribution in [-0.4, -0.2) is 34.6 Å². The molecule has 0 aromatic carbocycles. The zero-order chi connectivity index (χ0) is 11.3. The van der Waals surface area contributed by atoms with Gasteiger partial charge in [-0.3, -0.25) is 4.68 Å². The molecule has 1 rings (SSSR count). The molecule has 0 atom stereocenters. The van der Waals surface area contributed by atoms with Crippen LogP contribution in [0.25, 0.3) is 0 Å². The lowest BCUT2D eigenvalue weighted by Crippen LogP contribution is -2.05. The zero-order valence-corrected chi connectivity index (χ0v) is 9.06. The van der Waals surface area contributed by atoms with Gasteiger partial charge in [0.1, 0.15) is 5.56 Å². The number of carboxylic acid groups (broad SMARTS) is 1. The van der Waals surface area contributed by atoms with E-state index in [9.17, 15) is 4.79 Å². The first-order valence-corrected chi connectivity index (χ1v) is 4.91. The summed E-state index contributed by atoms with van der Waals surface area (Å²) >= 11 is 0. The summed E-state index contributed by atoms with van der Waals surface area (Å²) in [6, 6.07) is 0. The van der Waals surface area contributed by atoms with Crippen molar-refractivity contribution in [3.05, 3.63) is 17.5 Å². The van der Waals surface area contributed by atoms with E-state index in [-0.39, 0.29) is 5.56 Å². The number of aromatic nitrogens is 2. The molecule has 1 heterocycles. The number of rotatable bonds is 6. The summed E-state index contributed by atoms with van der Waals surface area (Å²) in [4.78, 5) is 10.7. The highest BCUT2D eigenvalue weighted by Crippen LogP contribution is 2.08. The molecular formula is C10H16N2O3. The molecule has 0 aliphatic rings. The summed E-state index contributed by atoms with van der Waals surface area (Å²) in [6.07, 6.45) is 3.29. The van der Waals surface area contributed by atoms with E-state index in [2.05, 4.69) is 5.10 Å². The summed E-state index contributed by atoms with van der Waals surface area (Å²) in [5.74, 6) is -0.921. The van der Waals surface area contributed by atoms with E-state index in [0.717, 1.165) is 26.0 Å². The Balaban J connectivity index is 2.51. The summed E-state index contributed by atoms with van der Waals surface area (Å²) in [7, 11) is 1.67. The maximum Gasteiger partial charge on any atom is 0.339 e. The Labute approximate surface area is 88.7 Å². The van der Waals surface area contributed by atoms with Gasteiger partial charge in [0.05, 0.1) is 6.20 Å². The minimum atomic E-state index is -0.921. The van der Waals surface area contributed by atoms with Crippen molar-refractivity contribution >= 4 is 5.97 Å². The van der Waals surface area contributed by atoms with Crippen LogP contribution in [0, 0.1) is 6.92 Å². The molecule has 0 radical (unpaired) electrons. The van der Waals surface area contributed by atoms with Crippen molar-refractivity contribution in [3.8, 4) is 0 Å². The van der Waals surface area contributed by atoms with Crippen LogP contribution in [0.4, 0.5) is 0 Å². The van der Waals surface area contributed by atoms with Crippen LogP contribution in [0.1, 0.15) is 28.9 Å². The maximum atomic E-state index is 10.7. The third-order valence-electron chi connectivity index (χ3n) is 2.30. The molecule has 0 fully saturated rings. The summed E-state index contributed by atoms with van der Waals surface area (Å²) in [6.45, 7) is 3.24. The largest absolute Gasteiger partial charge is 0.478 e. The minimum absolute atomic E-state index is 0.279. The van der Waals surface area contributed by atoms with Gasteiger partial charge in [-0.15, -0.1) is 0 Å². The molecule has 15 heavy (non-hydrogen) atoms. The lowest BCUT2D eigenvalue weighted by molar-refractivity contribution is 0.0696. The number of aromatic carboxylic acids is 1. The van der Waals surface area contributed by atoms with Crippen LogP contribution in [-0.2, 0) is 11.3 Å². The molecule has 0 bridgehead atoms. The Kier molecular flexibility index (Phi) is 4.30. The molecule has 0 saturated heterocycles. The highest BCUT2D eigenvalue weighted by atomic mass is 16.5. The molecule has 1 aromatic rings. The zero-order valence-electron chi connectivity index (χ0n) is 9.06. The number of methoxy groups -OCH3 is 1. The average molecular weight is 212 g/mol. The Bertz CT molecular complexity index is 333. The van der Waals surface area contributed by atoms with Crippen LogP contribution in [0.5, 0.6) is 0 Å². The van der Waals surface area contributed by atoms with E-state index >= 15 is 0 Å². The Morgan fingerprint density at radius 3 is 2.87 bits per heavy atom. The second-order valence-electron chi connectivity index (χ2n) is 3.37. The van der Waals surface area contributed by atoms with Gasteiger partial charge < -0.3 is 9.84 Å². The third-order valence-corrected chi connectivity index (χ3v) is 2.30. The smallest absolute Gasteiger partial charge is 0.339 e. The minimum Gasteiger partial charge on any atom is -0.478 e. The van der Waals surface area contributed by atoms with Crippen LogP contribution in [0.3, 0.4) is 0 Å². The number of aryl methyl sites for hydroxylation is 1. The predicted octanol–water partition coefficient (Wildman–Crippen LogP) is 1.32. The summed E-state index contributed by atoms with van der Waals surface area (Å²) in [5, 5.41) is 12.8. The van der Waals surface area contributed by atoms with Gasteiger partial charge in [-0.05, 0) is 19.8 Å². The standard InChI is InChI=1S/C10H16N2O3/c1-8-9(10(13)14)7-11-12(8)5-3-4-6-15-2/h7H,3-6H2,1-2H3,(H,13,14). The Morgan fingerprint density at radius 1 is 1.60 bits per heavy atom. The number of hydrogen-bond donors (Lipinski definition) is 1. The molecule has 1 aromatic heterocycles. The number of nitrogens with zero attached hydrogens (tertiary/aromatic N) is 2. The quantitative estimate of drug-likeness (QED) is 0.722. The molecule has 1 N–H and O–H groups in total. The monoisotopic (exact) mass is 212 g/mol. The highest BCUT2D eigenvalue weighted by Gasteiger charge is 2.11. The van der Waals surface area contributed by atoms with Crippen molar-refractivity contribution in [1.82, 2.24) is 9.78 Å². The number of carbonyl (C=O) groups is 1. The third kappa shape index (κ3) is 3.06. The van der Waals surface area contributed by atoms with Crippen molar-refractivity contribution in [2.45, 2.75) is 26.3 Å². The first-order chi connectivity index (χ1) is 7.16. The Hall–Kier alpha value is -1.36. The first kappa shape index (κ1) is 11.7. The van der Waals surface area contributed by atoms with E-state index in [1.807, 2.05) is 0 Å². The molecular weight excluding hydrogens is 196 g/mol. The number of ether oxygens (including phenoxy) is 1. The van der Waals surface area contributed by atoms with Gasteiger partial charge in [0.25, 0.3) is 0 Å². The van der Waals surface area contributed by atoms with Crippen molar-refractivity contribution in [3.63, 3.8) is 0 Å². The van der Waals surface area contributed by atoms with Crippen molar-refractivity contribution in [2.24, 2.45) is 0 Å². The van der Waals surface area contributed by atoms with Crippen LogP contribution < -0.4 is 0 Å². The second-order valence-corrected chi connectivity index (χ2v) is 3.37. The lowest BCUT2D eigenvalue weighted by atomic mass is 10.2. The van der Waals surface area contributed by atoms with Gasteiger partial charge in [0, 0.05) is 26.0 Å². The SMILES string of the molecule is COCCCCn1ncc(C(=O)O)c1C. The van der Waals surface area contributed by atoms with E-state index < -0.39 is 5.97 Å². The topological polar surface area (TPSA) is 64.4 Å². The number of unbranched alkanes of at least 4 members (excludes halogenated alkanes) is 1. The maximum absolute atomic E-state index is 10.7. The first-order valence-electron chi connectivity index (χ1n) is 4.91. The van der Waals surface area contributed by atoms with E-state index in [4.69, 9.17) is 9.84 Å². The predicted molar refractivity (Wildman–Crippen MR) is 55.0 cm³/mol. The van der Waals surface area contributed by atoms with E-state index in [1.165, 1.54) is 6.20 Å². The summed E-state index contributed by atoms with van der Waals surface area (Å²) in [5.41, 5.74) is 0.988. The number of hydrogen-bond acceptors (Lipinski definition) is 3. The van der Waals surface area contributed by atoms with E-state index in [1.54, 1.807) is 18.7 Å². The molecule has 84 valence electrons. The fourth-order valence-corrected chi connectivity index (χ4v) is 1.39. The summed E-state index contributed by atoms with van der Waals surface area (Å²) < 4.78 is 6.65. The van der Waals surface area contributed by atoms with Gasteiger partial charge >= 0.3 is 5.97 Å². The van der Waals surface area contributed by atoms with Crippen LogP contribution in [0.15, 0.2) is 6.20 Å². The lowest BCUT2D eigenvalue weighted by Gasteiger charge is -2.04. The van der Waals surface area contributed by atoms with Crippen LogP contribution in [0.2, 0.25) is 0 Å². The van der Waals surface area contributed by atoms with E-state index in [0.29, 0.717) is 5.69 Å². The average Bonchev–Trinajstić information content (AvgIpc) is 2.55. The second kappa shape index (κ2) is 5.50. The highest BCUT2D eigenvalue weighted by molar-refractivity contribution is 5.88. The number of carboxylic acids is 1. The van der Waals surface area contributed by atoms with Gasteiger partial charge in [-0.2, -0.15) is 5.10 Å². The molecule has 5 heteroatoms. The van der Waals surface area contributed by atoms with Crippen LogP contribution >= 0.6 is 0 Å². The normalized spacial score (nSPS) is 10.5. The molecule has 5 nitrogen and oxygen atoms in total. The van der Waals surface area contributed by atoms with Crippen molar-refractivity contribution in [1.29, 1.82) is 0 Å². The van der Waals surface area contributed by atoms with Crippen molar-refractivity contribution in [2.75, 3.05) is 13.7 Å². The van der Waals surface area contributed by atoms with Crippen molar-refractivity contribution < 1.29 is 14.6 Å². The Morgan fingerprint density at radius 2 is 2.33 bits per heavy atom. The van der Waals surface area contributed by atoms with Gasteiger partial charge in [-0.1, -0.05) is 0 Å². The van der Waals surface area contributed by atoms with Gasteiger partial charge in [0.15, 0.2) is 0 Å². The fraction of sp³-hybridized carbons (Fsp3) is 0.600. The van der Waals surface area contributed by atoms with Gasteiger partial charge in [-0.25, -0.2) is 4.79 Å².